The highest BCUT2D eigenvalue weighted by atomic mass is 19.4. The summed E-state index contributed by atoms with van der Waals surface area (Å²) in [5, 5.41) is 11.6. The minimum absolute atomic E-state index is 0.0664. The highest BCUT2D eigenvalue weighted by molar-refractivity contribution is 6.05. The largest absolute Gasteiger partial charge is 0.494 e. The van der Waals surface area contributed by atoms with Gasteiger partial charge in [0.15, 0.2) is 0 Å². The van der Waals surface area contributed by atoms with E-state index in [9.17, 15) is 23.1 Å². The summed E-state index contributed by atoms with van der Waals surface area (Å²) in [6, 6.07) is 3.71. The maximum absolute atomic E-state index is 12.8. The Morgan fingerprint density at radius 1 is 1.44 bits per heavy atom. The molecule has 0 radical (unpaired) electrons. The second kappa shape index (κ2) is 3.88. The summed E-state index contributed by atoms with van der Waals surface area (Å²) < 4.78 is 43.6. The molecule has 0 fully saturated rings. The summed E-state index contributed by atoms with van der Waals surface area (Å²) in [7, 11) is 0. The fourth-order valence-electron chi connectivity index (χ4n) is 1.80. The van der Waals surface area contributed by atoms with Gasteiger partial charge >= 0.3 is 6.18 Å². The van der Waals surface area contributed by atoms with Gasteiger partial charge in [-0.25, -0.2) is 0 Å². The summed E-state index contributed by atoms with van der Waals surface area (Å²) in [5.74, 6) is -1.34. The lowest BCUT2D eigenvalue weighted by molar-refractivity contribution is -0.252. The number of amides is 1. The SMILES string of the molecule is CCOc1ccc2c(c1)[C@@](O)(C(F)(F)F)C(=O)N2. The topological polar surface area (TPSA) is 58.6 Å². The molecule has 1 amide bonds. The first-order valence-electron chi connectivity index (χ1n) is 5.18. The average Bonchev–Trinajstić information content (AvgIpc) is 2.53. The van der Waals surface area contributed by atoms with E-state index in [4.69, 9.17) is 4.74 Å². The van der Waals surface area contributed by atoms with Gasteiger partial charge in [0.05, 0.1) is 6.61 Å². The van der Waals surface area contributed by atoms with Crippen molar-refractivity contribution in [1.29, 1.82) is 0 Å². The predicted octanol–water partition coefficient (Wildman–Crippen LogP) is 1.79. The Morgan fingerprint density at radius 2 is 2.11 bits per heavy atom. The molecule has 2 rings (SSSR count). The highest BCUT2D eigenvalue weighted by Gasteiger charge is 2.64. The van der Waals surface area contributed by atoms with Crippen LogP contribution in [0.3, 0.4) is 0 Å². The molecule has 0 unspecified atom stereocenters. The van der Waals surface area contributed by atoms with Crippen LogP contribution in [0.5, 0.6) is 5.75 Å². The predicted molar refractivity (Wildman–Crippen MR) is 56.2 cm³/mol. The second-order valence-corrected chi connectivity index (χ2v) is 3.80. The van der Waals surface area contributed by atoms with Gasteiger partial charge in [0.1, 0.15) is 5.75 Å². The molecule has 2 N–H and O–H groups in total. The summed E-state index contributed by atoms with van der Waals surface area (Å²) in [6.07, 6.45) is -5.09. The third kappa shape index (κ3) is 1.62. The maximum Gasteiger partial charge on any atom is 0.430 e. The van der Waals surface area contributed by atoms with Crippen molar-refractivity contribution in [3.8, 4) is 5.75 Å². The molecule has 1 aliphatic rings. The van der Waals surface area contributed by atoms with Gasteiger partial charge in [-0.3, -0.25) is 4.79 Å². The van der Waals surface area contributed by atoms with Crippen LogP contribution in [0.15, 0.2) is 18.2 Å². The lowest BCUT2D eigenvalue weighted by atomic mass is 9.94. The monoisotopic (exact) mass is 261 g/mol. The van der Waals surface area contributed by atoms with Crippen molar-refractivity contribution in [2.75, 3.05) is 11.9 Å². The van der Waals surface area contributed by atoms with Gasteiger partial charge in [-0.15, -0.1) is 0 Å². The number of fused-ring (bicyclic) bond motifs is 1. The van der Waals surface area contributed by atoms with E-state index in [1.165, 1.54) is 12.1 Å². The molecule has 7 heteroatoms. The summed E-state index contributed by atoms with van der Waals surface area (Å²) in [4.78, 5) is 11.3. The van der Waals surface area contributed by atoms with E-state index >= 15 is 0 Å². The zero-order valence-corrected chi connectivity index (χ0v) is 9.34. The maximum atomic E-state index is 12.8. The number of rotatable bonds is 2. The second-order valence-electron chi connectivity index (χ2n) is 3.80. The van der Waals surface area contributed by atoms with Gasteiger partial charge in [-0.05, 0) is 25.1 Å². The highest BCUT2D eigenvalue weighted by Crippen LogP contribution is 2.47. The summed E-state index contributed by atoms with van der Waals surface area (Å²) in [5.41, 5.74) is -4.12. The van der Waals surface area contributed by atoms with Crippen LogP contribution in [0.4, 0.5) is 18.9 Å². The Morgan fingerprint density at radius 3 is 2.67 bits per heavy atom. The molecule has 1 atom stereocenters. The van der Waals surface area contributed by atoms with E-state index in [0.717, 1.165) is 6.07 Å². The molecule has 18 heavy (non-hydrogen) atoms. The van der Waals surface area contributed by atoms with Gasteiger partial charge in [0.25, 0.3) is 11.5 Å². The quantitative estimate of drug-likeness (QED) is 0.853. The van der Waals surface area contributed by atoms with Crippen molar-refractivity contribution < 1.29 is 27.8 Å². The summed E-state index contributed by atoms with van der Waals surface area (Å²) in [6.45, 7) is 1.94. The van der Waals surface area contributed by atoms with E-state index in [0.29, 0.717) is 0 Å². The molecule has 0 spiro atoms. The number of carbonyl (C=O) groups excluding carboxylic acids is 1. The van der Waals surface area contributed by atoms with Crippen molar-refractivity contribution in [1.82, 2.24) is 0 Å². The molecular weight excluding hydrogens is 251 g/mol. The molecule has 1 heterocycles. The first-order chi connectivity index (χ1) is 8.30. The number of benzene rings is 1. The number of hydrogen-bond donors (Lipinski definition) is 2. The molecule has 1 aliphatic heterocycles. The van der Waals surface area contributed by atoms with Crippen molar-refractivity contribution in [2.24, 2.45) is 0 Å². The van der Waals surface area contributed by atoms with E-state index in [1.54, 1.807) is 6.92 Å². The smallest absolute Gasteiger partial charge is 0.430 e. The number of nitrogens with one attached hydrogen (secondary N) is 1. The number of aliphatic hydroxyl groups is 1. The number of carbonyl (C=O) groups is 1. The van der Waals surface area contributed by atoms with Crippen LogP contribution in [0.25, 0.3) is 0 Å². The minimum atomic E-state index is -5.09. The van der Waals surface area contributed by atoms with Gasteiger partial charge in [0, 0.05) is 11.3 Å². The molecule has 4 nitrogen and oxygen atoms in total. The van der Waals surface area contributed by atoms with Crippen molar-refractivity contribution in [3.63, 3.8) is 0 Å². The molecule has 0 bridgehead atoms. The van der Waals surface area contributed by atoms with Crippen LogP contribution in [0, 0.1) is 0 Å². The molecule has 0 saturated carbocycles. The van der Waals surface area contributed by atoms with Crippen LogP contribution >= 0.6 is 0 Å². The molecule has 1 aromatic rings. The van der Waals surface area contributed by atoms with Gasteiger partial charge in [-0.1, -0.05) is 0 Å². The fourth-order valence-corrected chi connectivity index (χ4v) is 1.80. The fraction of sp³-hybridized carbons (Fsp3) is 0.364. The van der Waals surface area contributed by atoms with Crippen LogP contribution in [0.1, 0.15) is 12.5 Å². The van der Waals surface area contributed by atoms with E-state index < -0.39 is 23.2 Å². The number of anilines is 1. The van der Waals surface area contributed by atoms with E-state index in [-0.39, 0.29) is 18.0 Å². The average molecular weight is 261 g/mol. The minimum Gasteiger partial charge on any atom is -0.494 e. The zero-order chi connectivity index (χ0) is 13.6. The normalized spacial score (nSPS) is 22.6. The van der Waals surface area contributed by atoms with Crippen LogP contribution in [0.2, 0.25) is 0 Å². The Kier molecular flexibility index (Phi) is 2.73. The number of ether oxygens (including phenoxy) is 1. The van der Waals surface area contributed by atoms with E-state index in [1.807, 2.05) is 5.32 Å². The number of hydrogen-bond acceptors (Lipinski definition) is 3. The molecule has 98 valence electrons. The van der Waals surface area contributed by atoms with Crippen LogP contribution < -0.4 is 10.1 Å². The third-order valence-electron chi connectivity index (χ3n) is 2.68. The summed E-state index contributed by atoms with van der Waals surface area (Å²) >= 11 is 0. The Labute approximate surface area is 100 Å². The first-order valence-corrected chi connectivity index (χ1v) is 5.18. The molecular formula is C11H10F3NO3. The van der Waals surface area contributed by atoms with E-state index in [2.05, 4.69) is 0 Å². The van der Waals surface area contributed by atoms with Crippen molar-refractivity contribution in [3.05, 3.63) is 23.8 Å². The Hall–Kier alpha value is -1.76. The van der Waals surface area contributed by atoms with Gasteiger partial charge in [0.2, 0.25) is 0 Å². The number of halogens is 3. The molecule has 0 saturated heterocycles. The number of alkyl halides is 3. The van der Waals surface area contributed by atoms with Crippen molar-refractivity contribution in [2.45, 2.75) is 18.7 Å². The lowest BCUT2D eigenvalue weighted by Crippen LogP contribution is -2.47. The third-order valence-corrected chi connectivity index (χ3v) is 2.68. The Bertz CT molecular complexity index is 501. The molecule has 1 aromatic carbocycles. The molecule has 0 aliphatic carbocycles. The molecule has 0 aromatic heterocycles. The Balaban J connectivity index is 2.56. The van der Waals surface area contributed by atoms with Gasteiger partial charge in [-0.2, -0.15) is 13.2 Å². The van der Waals surface area contributed by atoms with Crippen LogP contribution in [-0.4, -0.2) is 23.8 Å². The first kappa shape index (κ1) is 12.7. The van der Waals surface area contributed by atoms with Gasteiger partial charge < -0.3 is 15.2 Å². The zero-order valence-electron chi connectivity index (χ0n) is 9.34. The lowest BCUT2D eigenvalue weighted by Gasteiger charge is -2.23. The van der Waals surface area contributed by atoms with Crippen LogP contribution in [-0.2, 0) is 10.4 Å². The standard InChI is InChI=1S/C11H10F3NO3/c1-2-18-6-3-4-8-7(5-6)10(17,9(16)15-8)11(12,13)14/h3-5,17H,2H2,1H3,(H,15,16)/t10-/m0/s1. The van der Waals surface area contributed by atoms with Crippen molar-refractivity contribution >= 4 is 11.6 Å².